The van der Waals surface area contributed by atoms with Crippen LogP contribution in [0.1, 0.15) is 30.9 Å². The van der Waals surface area contributed by atoms with E-state index in [1.54, 1.807) is 0 Å². The molecule has 0 atom stereocenters. The average Bonchev–Trinajstić information content (AvgIpc) is 2.64. The van der Waals surface area contributed by atoms with Gasteiger partial charge in [0, 0.05) is 37.3 Å². The molecule has 2 heterocycles. The minimum Gasteiger partial charge on any atom is -0.465 e. The molecule has 4 nitrogen and oxygen atoms in total. The number of rotatable bonds is 3. The first-order valence-corrected chi connectivity index (χ1v) is 6.64. The molecule has 0 amide bonds. The summed E-state index contributed by atoms with van der Waals surface area (Å²) in [5, 5.41) is 0. The molecule has 1 aromatic rings. The van der Waals surface area contributed by atoms with E-state index in [-0.39, 0.29) is 5.54 Å². The van der Waals surface area contributed by atoms with Gasteiger partial charge in [-0.3, -0.25) is 9.80 Å². The molecule has 1 fully saturated rings. The molecule has 1 aliphatic heterocycles. The van der Waals surface area contributed by atoms with Crippen LogP contribution in [0.25, 0.3) is 0 Å². The SMILES string of the molecule is Cc1oc(CN2CCN(C)C(C)(C)C2)cc1CN. The van der Waals surface area contributed by atoms with Gasteiger partial charge in [-0.05, 0) is 33.9 Å². The number of nitrogens with two attached hydrogens (primary N) is 1. The summed E-state index contributed by atoms with van der Waals surface area (Å²) in [6, 6.07) is 2.10. The molecule has 0 spiro atoms. The van der Waals surface area contributed by atoms with Gasteiger partial charge in [-0.1, -0.05) is 0 Å². The van der Waals surface area contributed by atoms with Crippen LogP contribution >= 0.6 is 0 Å². The van der Waals surface area contributed by atoms with Gasteiger partial charge in [-0.25, -0.2) is 0 Å². The second kappa shape index (κ2) is 5.03. The van der Waals surface area contributed by atoms with E-state index in [4.69, 9.17) is 10.2 Å². The molecule has 1 saturated heterocycles. The molecule has 0 radical (unpaired) electrons. The second-order valence-corrected chi connectivity index (χ2v) is 5.94. The first-order chi connectivity index (χ1) is 8.42. The van der Waals surface area contributed by atoms with Crippen LogP contribution in [0.3, 0.4) is 0 Å². The zero-order valence-electron chi connectivity index (χ0n) is 12.0. The van der Waals surface area contributed by atoms with Gasteiger partial charge in [-0.15, -0.1) is 0 Å². The highest BCUT2D eigenvalue weighted by Gasteiger charge is 2.31. The summed E-state index contributed by atoms with van der Waals surface area (Å²) in [7, 11) is 2.20. The predicted octanol–water partition coefficient (Wildman–Crippen LogP) is 1.57. The van der Waals surface area contributed by atoms with Gasteiger partial charge < -0.3 is 10.2 Å². The maximum atomic E-state index is 5.77. The molecular formula is C14H25N3O. The molecule has 1 aromatic heterocycles. The van der Waals surface area contributed by atoms with Crippen molar-refractivity contribution in [3.05, 3.63) is 23.2 Å². The number of hydrogen-bond donors (Lipinski definition) is 1. The number of hydrogen-bond acceptors (Lipinski definition) is 4. The Balaban J connectivity index is 2.01. The third kappa shape index (κ3) is 2.76. The molecule has 0 aliphatic carbocycles. The van der Waals surface area contributed by atoms with Crippen molar-refractivity contribution in [3.8, 4) is 0 Å². The lowest BCUT2D eigenvalue weighted by atomic mass is 10.00. The van der Waals surface area contributed by atoms with Crippen LogP contribution in [0.4, 0.5) is 0 Å². The summed E-state index contributed by atoms with van der Waals surface area (Å²) in [5.74, 6) is 1.99. The van der Waals surface area contributed by atoms with Gasteiger partial charge in [0.15, 0.2) is 0 Å². The lowest BCUT2D eigenvalue weighted by Gasteiger charge is -2.45. The predicted molar refractivity (Wildman–Crippen MR) is 73.3 cm³/mol. The number of nitrogens with zero attached hydrogens (tertiary/aromatic N) is 2. The number of furan rings is 1. The second-order valence-electron chi connectivity index (χ2n) is 5.94. The third-order valence-electron chi connectivity index (χ3n) is 4.07. The Hall–Kier alpha value is -0.840. The van der Waals surface area contributed by atoms with Crippen LogP contribution in [0.5, 0.6) is 0 Å². The lowest BCUT2D eigenvalue weighted by Crippen LogP contribution is -2.57. The van der Waals surface area contributed by atoms with E-state index in [9.17, 15) is 0 Å². The number of aryl methyl sites for hydroxylation is 1. The summed E-state index contributed by atoms with van der Waals surface area (Å²) in [4.78, 5) is 4.88. The van der Waals surface area contributed by atoms with E-state index in [0.29, 0.717) is 6.54 Å². The monoisotopic (exact) mass is 251 g/mol. The Morgan fingerprint density at radius 2 is 2.11 bits per heavy atom. The van der Waals surface area contributed by atoms with Crippen LogP contribution in [-0.4, -0.2) is 42.0 Å². The van der Waals surface area contributed by atoms with E-state index in [1.807, 2.05) is 6.92 Å². The van der Waals surface area contributed by atoms with Crippen molar-refractivity contribution in [2.24, 2.45) is 5.73 Å². The van der Waals surface area contributed by atoms with Crippen molar-refractivity contribution < 1.29 is 4.42 Å². The summed E-state index contributed by atoms with van der Waals surface area (Å²) < 4.78 is 5.77. The van der Waals surface area contributed by atoms with Gasteiger partial charge in [0.1, 0.15) is 11.5 Å². The standard InChI is InChI=1S/C14H25N3O/c1-11-12(8-15)7-13(18-11)9-17-6-5-16(4)14(2,3)10-17/h7H,5-6,8-10,15H2,1-4H3. The Morgan fingerprint density at radius 1 is 1.39 bits per heavy atom. The van der Waals surface area contributed by atoms with E-state index in [2.05, 4.69) is 36.8 Å². The van der Waals surface area contributed by atoms with E-state index >= 15 is 0 Å². The molecule has 18 heavy (non-hydrogen) atoms. The van der Waals surface area contributed by atoms with Crippen molar-refractivity contribution in [2.75, 3.05) is 26.7 Å². The van der Waals surface area contributed by atoms with Crippen LogP contribution in [0, 0.1) is 6.92 Å². The largest absolute Gasteiger partial charge is 0.465 e. The summed E-state index contributed by atoms with van der Waals surface area (Å²) >= 11 is 0. The summed E-state index contributed by atoms with van der Waals surface area (Å²) in [6.07, 6.45) is 0. The third-order valence-corrected chi connectivity index (χ3v) is 4.07. The maximum Gasteiger partial charge on any atom is 0.118 e. The number of piperazine rings is 1. The highest BCUT2D eigenvalue weighted by molar-refractivity contribution is 5.20. The molecule has 0 aromatic carbocycles. The topological polar surface area (TPSA) is 45.6 Å². The van der Waals surface area contributed by atoms with E-state index in [1.165, 1.54) is 0 Å². The quantitative estimate of drug-likeness (QED) is 0.886. The summed E-state index contributed by atoms with van der Waals surface area (Å²) in [6.45, 7) is 11.3. The van der Waals surface area contributed by atoms with E-state index < -0.39 is 0 Å². The zero-order valence-corrected chi connectivity index (χ0v) is 12.0. The first-order valence-electron chi connectivity index (χ1n) is 6.64. The minimum atomic E-state index is 0.233. The van der Waals surface area contributed by atoms with Crippen LogP contribution < -0.4 is 5.73 Å². The lowest BCUT2D eigenvalue weighted by molar-refractivity contribution is 0.0327. The zero-order chi connectivity index (χ0) is 13.3. The molecule has 2 N–H and O–H groups in total. The average molecular weight is 251 g/mol. The molecule has 2 rings (SSSR count). The van der Waals surface area contributed by atoms with Crippen LogP contribution in [0.15, 0.2) is 10.5 Å². The van der Waals surface area contributed by atoms with E-state index in [0.717, 1.165) is 43.3 Å². The van der Waals surface area contributed by atoms with Crippen molar-refractivity contribution in [3.63, 3.8) is 0 Å². The fraction of sp³-hybridized carbons (Fsp3) is 0.714. The van der Waals surface area contributed by atoms with Crippen LogP contribution in [0.2, 0.25) is 0 Å². The Bertz CT molecular complexity index is 411. The van der Waals surface area contributed by atoms with Gasteiger partial charge in [0.25, 0.3) is 0 Å². The first kappa shape index (κ1) is 13.6. The molecule has 102 valence electrons. The molecule has 0 saturated carbocycles. The van der Waals surface area contributed by atoms with Crippen molar-refractivity contribution in [2.45, 2.75) is 39.4 Å². The Labute approximate surface area is 110 Å². The fourth-order valence-corrected chi connectivity index (χ4v) is 2.56. The molecule has 0 unspecified atom stereocenters. The molecule has 4 heteroatoms. The maximum absolute atomic E-state index is 5.77. The molecule has 0 bridgehead atoms. The highest BCUT2D eigenvalue weighted by atomic mass is 16.3. The smallest absolute Gasteiger partial charge is 0.118 e. The van der Waals surface area contributed by atoms with Crippen molar-refractivity contribution in [1.82, 2.24) is 9.80 Å². The molecule has 1 aliphatic rings. The normalized spacial score (nSPS) is 21.4. The Kier molecular flexibility index (Phi) is 3.80. The molecular weight excluding hydrogens is 226 g/mol. The summed E-state index contributed by atoms with van der Waals surface area (Å²) in [5.41, 5.74) is 7.03. The van der Waals surface area contributed by atoms with Crippen molar-refractivity contribution >= 4 is 0 Å². The number of likely N-dealkylation sites (N-methyl/N-ethyl adjacent to an activating group) is 1. The highest BCUT2D eigenvalue weighted by Crippen LogP contribution is 2.22. The van der Waals surface area contributed by atoms with Gasteiger partial charge in [0.2, 0.25) is 0 Å². The minimum absolute atomic E-state index is 0.233. The van der Waals surface area contributed by atoms with Gasteiger partial charge >= 0.3 is 0 Å². The van der Waals surface area contributed by atoms with Crippen molar-refractivity contribution in [1.29, 1.82) is 0 Å². The van der Waals surface area contributed by atoms with Gasteiger partial charge in [-0.2, -0.15) is 0 Å². The Morgan fingerprint density at radius 3 is 2.67 bits per heavy atom. The van der Waals surface area contributed by atoms with Gasteiger partial charge in [0.05, 0.1) is 6.54 Å². The van der Waals surface area contributed by atoms with Crippen LogP contribution in [-0.2, 0) is 13.1 Å². The fourth-order valence-electron chi connectivity index (χ4n) is 2.56.